The molecule has 0 aliphatic heterocycles. The lowest BCUT2D eigenvalue weighted by molar-refractivity contribution is -0.111. The fourth-order valence-electron chi connectivity index (χ4n) is 3.46. The number of rotatable bonds is 9. The first-order valence-electron chi connectivity index (χ1n) is 11.4. The number of urea groups is 1. The number of nitrogens with one attached hydrogen (secondary N) is 2. The summed E-state index contributed by atoms with van der Waals surface area (Å²) >= 11 is 0. The van der Waals surface area contributed by atoms with E-state index in [2.05, 4.69) is 24.5 Å². The Morgan fingerprint density at radius 2 is 1.59 bits per heavy atom. The van der Waals surface area contributed by atoms with E-state index in [0.717, 1.165) is 16.7 Å². The zero-order chi connectivity index (χ0) is 24.3. The van der Waals surface area contributed by atoms with Crippen molar-refractivity contribution >= 4 is 29.4 Å². The van der Waals surface area contributed by atoms with Gasteiger partial charge in [0.2, 0.25) is 5.91 Å². The van der Waals surface area contributed by atoms with Gasteiger partial charge in [-0.1, -0.05) is 80.6 Å². The molecular formula is C28H32N4O2. The van der Waals surface area contributed by atoms with E-state index in [0.29, 0.717) is 36.9 Å². The molecule has 0 bridgehead atoms. The number of carbonyl (C=O) groups is 2. The molecule has 0 heterocycles. The second-order valence-electron chi connectivity index (χ2n) is 8.57. The normalized spacial score (nSPS) is 10.9. The highest BCUT2D eigenvalue weighted by Crippen LogP contribution is 2.17. The summed E-state index contributed by atoms with van der Waals surface area (Å²) in [7, 11) is 0. The number of carbonyl (C=O) groups excluding carboxylic acids is 2. The summed E-state index contributed by atoms with van der Waals surface area (Å²) in [4.78, 5) is 26.8. The number of hydrogen-bond donors (Lipinski definition) is 3. The van der Waals surface area contributed by atoms with Crippen molar-refractivity contribution in [1.29, 1.82) is 0 Å². The van der Waals surface area contributed by atoms with E-state index in [1.807, 2.05) is 71.6 Å². The van der Waals surface area contributed by atoms with Gasteiger partial charge in [0.25, 0.3) is 0 Å². The van der Waals surface area contributed by atoms with E-state index in [9.17, 15) is 9.59 Å². The first kappa shape index (κ1) is 24.6. The quantitative estimate of drug-likeness (QED) is 0.302. The highest BCUT2D eigenvalue weighted by molar-refractivity contribution is 6.03. The van der Waals surface area contributed by atoms with Crippen LogP contribution in [0.4, 0.5) is 16.2 Å². The average molecular weight is 457 g/mol. The Kier molecular flexibility index (Phi) is 8.86. The molecule has 0 unspecified atom stereocenters. The molecule has 3 aromatic carbocycles. The summed E-state index contributed by atoms with van der Waals surface area (Å²) in [6.07, 6.45) is 3.22. The molecule has 3 amide bonds. The molecule has 0 fully saturated rings. The van der Waals surface area contributed by atoms with Crippen LogP contribution >= 0.6 is 0 Å². The van der Waals surface area contributed by atoms with Gasteiger partial charge in [-0.05, 0) is 40.8 Å². The Hall–Kier alpha value is -4.06. The van der Waals surface area contributed by atoms with Crippen LogP contribution in [0.2, 0.25) is 0 Å². The van der Waals surface area contributed by atoms with Gasteiger partial charge in [-0.15, -0.1) is 0 Å². The number of para-hydroxylation sites is 2. The van der Waals surface area contributed by atoms with Crippen LogP contribution in [-0.2, 0) is 17.9 Å². The molecule has 0 saturated carbocycles. The number of amides is 3. The second-order valence-corrected chi connectivity index (χ2v) is 8.57. The maximum Gasteiger partial charge on any atom is 0.317 e. The number of nitrogen functional groups attached to an aromatic ring is 1. The molecule has 4 N–H and O–H groups in total. The maximum atomic E-state index is 12.8. The van der Waals surface area contributed by atoms with E-state index in [-0.39, 0.29) is 11.9 Å². The van der Waals surface area contributed by atoms with Gasteiger partial charge in [-0.2, -0.15) is 0 Å². The molecule has 0 spiro atoms. The molecule has 3 rings (SSSR count). The second kappa shape index (κ2) is 12.3. The number of nitrogens with two attached hydrogens (primary N) is 1. The monoisotopic (exact) mass is 456 g/mol. The Morgan fingerprint density at radius 1 is 0.912 bits per heavy atom. The van der Waals surface area contributed by atoms with Crippen molar-refractivity contribution in [2.45, 2.75) is 26.9 Å². The van der Waals surface area contributed by atoms with Crippen LogP contribution < -0.4 is 16.4 Å². The molecule has 6 heteroatoms. The summed E-state index contributed by atoms with van der Waals surface area (Å²) < 4.78 is 0. The fourth-order valence-corrected chi connectivity index (χ4v) is 3.46. The Balaban J connectivity index is 1.57. The van der Waals surface area contributed by atoms with Crippen molar-refractivity contribution in [3.05, 3.63) is 102 Å². The van der Waals surface area contributed by atoms with Crippen LogP contribution in [0, 0.1) is 5.92 Å². The van der Waals surface area contributed by atoms with E-state index in [4.69, 9.17) is 5.73 Å². The van der Waals surface area contributed by atoms with Crippen LogP contribution in [0.3, 0.4) is 0 Å². The molecule has 0 radical (unpaired) electrons. The van der Waals surface area contributed by atoms with Crippen molar-refractivity contribution in [1.82, 2.24) is 10.2 Å². The molecule has 0 aliphatic carbocycles. The first-order valence-corrected chi connectivity index (χ1v) is 11.4. The zero-order valence-electron chi connectivity index (χ0n) is 19.7. The maximum absolute atomic E-state index is 12.8. The van der Waals surface area contributed by atoms with Crippen molar-refractivity contribution in [2.75, 3.05) is 17.6 Å². The number of hydrogen-bond acceptors (Lipinski definition) is 3. The van der Waals surface area contributed by atoms with Gasteiger partial charge in [-0.25, -0.2) is 4.79 Å². The van der Waals surface area contributed by atoms with E-state index >= 15 is 0 Å². The van der Waals surface area contributed by atoms with Gasteiger partial charge in [0.15, 0.2) is 0 Å². The molecule has 0 aliphatic rings. The first-order chi connectivity index (χ1) is 16.4. The Bertz CT molecular complexity index is 1110. The number of nitrogens with zero attached hydrogens (tertiary/aromatic N) is 1. The lowest BCUT2D eigenvalue weighted by atomic mass is 10.1. The minimum Gasteiger partial charge on any atom is -0.397 e. The van der Waals surface area contributed by atoms with Crippen LogP contribution in [0.5, 0.6) is 0 Å². The van der Waals surface area contributed by atoms with Crippen molar-refractivity contribution in [2.24, 2.45) is 5.92 Å². The molecule has 176 valence electrons. The van der Waals surface area contributed by atoms with Crippen LogP contribution in [0.25, 0.3) is 6.08 Å². The molecule has 0 saturated heterocycles. The van der Waals surface area contributed by atoms with Crippen molar-refractivity contribution < 1.29 is 9.59 Å². The topological polar surface area (TPSA) is 87.5 Å². The van der Waals surface area contributed by atoms with Gasteiger partial charge in [-0.3, -0.25) is 4.79 Å². The predicted octanol–water partition coefficient (Wildman–Crippen LogP) is 5.29. The Labute approximate surface area is 201 Å². The number of benzene rings is 3. The third-order valence-corrected chi connectivity index (χ3v) is 5.16. The molecule has 6 nitrogen and oxygen atoms in total. The zero-order valence-corrected chi connectivity index (χ0v) is 19.7. The minimum atomic E-state index is -0.250. The molecule has 34 heavy (non-hydrogen) atoms. The molecule has 0 aromatic heterocycles. The summed E-state index contributed by atoms with van der Waals surface area (Å²) in [6.45, 7) is 5.86. The van der Waals surface area contributed by atoms with E-state index in [1.54, 1.807) is 18.2 Å². The van der Waals surface area contributed by atoms with Crippen LogP contribution in [-0.4, -0.2) is 23.4 Å². The van der Waals surface area contributed by atoms with Gasteiger partial charge < -0.3 is 21.3 Å². The summed E-state index contributed by atoms with van der Waals surface area (Å²) in [5, 5.41) is 5.79. The lowest BCUT2D eigenvalue weighted by Crippen LogP contribution is -2.41. The SMILES string of the molecule is CC(C)CN(Cc1ccc(/C=C/C(=O)Nc2ccccc2N)cc1)C(=O)NCc1ccccc1. The van der Waals surface area contributed by atoms with Crippen LogP contribution in [0.15, 0.2) is 84.9 Å². The van der Waals surface area contributed by atoms with Crippen molar-refractivity contribution in [3.8, 4) is 0 Å². The molecule has 3 aromatic rings. The predicted molar refractivity (Wildman–Crippen MR) is 139 cm³/mol. The van der Waals surface area contributed by atoms with E-state index < -0.39 is 0 Å². The minimum absolute atomic E-state index is 0.0848. The van der Waals surface area contributed by atoms with E-state index in [1.165, 1.54) is 6.08 Å². The third kappa shape index (κ3) is 7.81. The van der Waals surface area contributed by atoms with Gasteiger partial charge >= 0.3 is 6.03 Å². The molecular weight excluding hydrogens is 424 g/mol. The summed E-state index contributed by atoms with van der Waals surface area (Å²) in [5.41, 5.74) is 9.95. The van der Waals surface area contributed by atoms with Gasteiger partial charge in [0.1, 0.15) is 0 Å². The van der Waals surface area contributed by atoms with Gasteiger partial charge in [0.05, 0.1) is 11.4 Å². The lowest BCUT2D eigenvalue weighted by Gasteiger charge is -2.25. The fraction of sp³-hybridized carbons (Fsp3) is 0.214. The smallest absolute Gasteiger partial charge is 0.317 e. The third-order valence-electron chi connectivity index (χ3n) is 5.16. The summed E-state index contributed by atoms with van der Waals surface area (Å²) in [6, 6.07) is 24.7. The average Bonchev–Trinajstić information content (AvgIpc) is 2.83. The van der Waals surface area contributed by atoms with Gasteiger partial charge in [0, 0.05) is 25.7 Å². The summed E-state index contributed by atoms with van der Waals surface area (Å²) in [5.74, 6) is 0.0991. The highest BCUT2D eigenvalue weighted by atomic mass is 16.2. The largest absolute Gasteiger partial charge is 0.397 e. The Morgan fingerprint density at radius 3 is 2.26 bits per heavy atom. The standard InChI is InChI=1S/C28H32N4O2/c1-21(2)19-32(28(34)30-18-23-8-4-3-5-9-23)20-24-14-12-22(13-15-24)16-17-27(33)31-26-11-7-6-10-25(26)29/h3-17,21H,18-20,29H2,1-2H3,(H,30,34)(H,31,33)/b17-16+. The van der Waals surface area contributed by atoms with Crippen LogP contribution in [0.1, 0.15) is 30.5 Å². The van der Waals surface area contributed by atoms with Crippen molar-refractivity contribution in [3.63, 3.8) is 0 Å². The molecule has 0 atom stereocenters. The highest BCUT2D eigenvalue weighted by Gasteiger charge is 2.15. The number of anilines is 2.